The van der Waals surface area contributed by atoms with E-state index < -0.39 is 11.6 Å². The fourth-order valence-corrected chi connectivity index (χ4v) is 2.38. The van der Waals surface area contributed by atoms with Crippen molar-refractivity contribution in [1.82, 2.24) is 4.90 Å². The molecular formula is C16H14Cl2F2N2O. The minimum absolute atomic E-state index is 0.0136. The van der Waals surface area contributed by atoms with Gasteiger partial charge in [-0.15, -0.1) is 0 Å². The summed E-state index contributed by atoms with van der Waals surface area (Å²) in [6.45, 7) is 0.183. The van der Waals surface area contributed by atoms with Gasteiger partial charge in [0.05, 0.1) is 22.3 Å². The van der Waals surface area contributed by atoms with Crippen LogP contribution >= 0.6 is 23.2 Å². The summed E-state index contributed by atoms with van der Waals surface area (Å²) in [7, 11) is 1.65. The second-order valence-electron chi connectivity index (χ2n) is 5.06. The first-order valence-electron chi connectivity index (χ1n) is 6.73. The van der Waals surface area contributed by atoms with Crippen molar-refractivity contribution in [3.63, 3.8) is 0 Å². The quantitative estimate of drug-likeness (QED) is 0.861. The number of carbonyl (C=O) groups excluding carboxylic acids is 1. The Morgan fingerprint density at radius 3 is 2.65 bits per heavy atom. The molecule has 0 aliphatic carbocycles. The van der Waals surface area contributed by atoms with Gasteiger partial charge in [-0.25, -0.2) is 8.78 Å². The number of hydrogen-bond donors (Lipinski definition) is 1. The number of amides is 1. The van der Waals surface area contributed by atoms with Crippen molar-refractivity contribution in [2.45, 2.75) is 6.54 Å². The summed E-state index contributed by atoms with van der Waals surface area (Å²) in [5.41, 5.74) is 0.716. The third kappa shape index (κ3) is 4.89. The highest BCUT2D eigenvalue weighted by Crippen LogP contribution is 2.29. The van der Waals surface area contributed by atoms with Crippen molar-refractivity contribution in [2.75, 3.05) is 18.9 Å². The highest BCUT2D eigenvalue weighted by atomic mass is 35.5. The summed E-state index contributed by atoms with van der Waals surface area (Å²) in [6, 6.07) is 8.26. The molecule has 0 aliphatic heterocycles. The van der Waals surface area contributed by atoms with E-state index in [1.807, 2.05) is 0 Å². The Kier molecular flexibility index (Phi) is 5.93. The lowest BCUT2D eigenvalue weighted by atomic mass is 10.2. The van der Waals surface area contributed by atoms with Gasteiger partial charge in [0.2, 0.25) is 5.91 Å². The summed E-state index contributed by atoms with van der Waals surface area (Å²) in [4.78, 5) is 13.6. The van der Waals surface area contributed by atoms with Crippen LogP contribution in [-0.4, -0.2) is 24.4 Å². The van der Waals surface area contributed by atoms with Gasteiger partial charge >= 0.3 is 0 Å². The molecule has 0 aliphatic rings. The molecule has 23 heavy (non-hydrogen) atoms. The standard InChI is InChI=1S/C16H14Cl2F2N2O/c1-22(8-10-5-6-11(19)7-13(10)20)9-15(23)21-14-4-2-3-12(17)16(14)18/h2-7H,8-9H2,1H3,(H,21,23). The van der Waals surface area contributed by atoms with Crippen molar-refractivity contribution >= 4 is 34.8 Å². The van der Waals surface area contributed by atoms with Gasteiger partial charge < -0.3 is 5.32 Å². The van der Waals surface area contributed by atoms with E-state index in [2.05, 4.69) is 5.32 Å². The number of carbonyl (C=O) groups is 1. The maximum absolute atomic E-state index is 13.6. The van der Waals surface area contributed by atoms with Crippen molar-refractivity contribution in [3.8, 4) is 0 Å². The zero-order chi connectivity index (χ0) is 17.0. The average molecular weight is 359 g/mol. The summed E-state index contributed by atoms with van der Waals surface area (Å²) in [5.74, 6) is -1.60. The Morgan fingerprint density at radius 2 is 1.96 bits per heavy atom. The number of hydrogen-bond acceptors (Lipinski definition) is 2. The Labute approximate surface area is 142 Å². The first-order valence-corrected chi connectivity index (χ1v) is 7.48. The molecule has 0 heterocycles. The van der Waals surface area contributed by atoms with Crippen molar-refractivity contribution in [3.05, 3.63) is 63.6 Å². The van der Waals surface area contributed by atoms with Crippen LogP contribution in [0, 0.1) is 11.6 Å². The summed E-state index contributed by atoms with van der Waals surface area (Å²) in [5, 5.41) is 3.24. The Balaban J connectivity index is 1.95. The van der Waals surface area contributed by atoms with E-state index in [4.69, 9.17) is 23.2 Å². The Morgan fingerprint density at radius 1 is 1.22 bits per heavy atom. The SMILES string of the molecule is CN(CC(=O)Nc1cccc(Cl)c1Cl)Cc1ccc(F)cc1F. The van der Waals surface area contributed by atoms with Crippen LogP contribution in [0.3, 0.4) is 0 Å². The molecule has 0 bridgehead atoms. The van der Waals surface area contributed by atoms with Gasteiger partial charge in [0.15, 0.2) is 0 Å². The van der Waals surface area contributed by atoms with Crippen LogP contribution in [0.2, 0.25) is 10.0 Å². The summed E-state index contributed by atoms with van der Waals surface area (Å²) in [6.07, 6.45) is 0. The first kappa shape index (κ1) is 17.7. The number of nitrogens with zero attached hydrogens (tertiary/aromatic N) is 1. The van der Waals surface area contributed by atoms with Gasteiger partial charge in [0, 0.05) is 18.2 Å². The van der Waals surface area contributed by atoms with Crippen molar-refractivity contribution < 1.29 is 13.6 Å². The fraction of sp³-hybridized carbons (Fsp3) is 0.188. The molecule has 2 rings (SSSR count). The normalized spacial score (nSPS) is 10.9. The number of nitrogens with one attached hydrogen (secondary N) is 1. The molecule has 0 fully saturated rings. The predicted molar refractivity (Wildman–Crippen MR) is 87.8 cm³/mol. The van der Waals surface area contributed by atoms with Crippen molar-refractivity contribution in [1.29, 1.82) is 0 Å². The predicted octanol–water partition coefficient (Wildman–Crippen LogP) is 4.34. The lowest BCUT2D eigenvalue weighted by Gasteiger charge is -2.17. The Hall–Kier alpha value is -1.69. The second-order valence-corrected chi connectivity index (χ2v) is 5.84. The van der Waals surface area contributed by atoms with Crippen LogP contribution < -0.4 is 5.32 Å². The molecule has 0 saturated heterocycles. The van der Waals surface area contributed by atoms with Crippen LogP contribution in [-0.2, 0) is 11.3 Å². The largest absolute Gasteiger partial charge is 0.324 e. The van der Waals surface area contributed by atoms with Gasteiger partial charge in [-0.1, -0.05) is 35.3 Å². The molecule has 122 valence electrons. The molecule has 3 nitrogen and oxygen atoms in total. The number of anilines is 1. The van der Waals surface area contributed by atoms with Gasteiger partial charge in [0.1, 0.15) is 11.6 Å². The van der Waals surface area contributed by atoms with Crippen LogP contribution in [0.5, 0.6) is 0 Å². The highest BCUT2D eigenvalue weighted by Gasteiger charge is 2.12. The van der Waals surface area contributed by atoms with E-state index in [1.165, 1.54) is 12.1 Å². The summed E-state index contributed by atoms with van der Waals surface area (Å²) < 4.78 is 26.5. The van der Waals surface area contributed by atoms with Crippen LogP contribution in [0.4, 0.5) is 14.5 Å². The summed E-state index contributed by atoms with van der Waals surface area (Å²) >= 11 is 11.9. The zero-order valence-corrected chi connectivity index (χ0v) is 13.8. The maximum Gasteiger partial charge on any atom is 0.238 e. The first-order chi connectivity index (χ1) is 10.9. The minimum Gasteiger partial charge on any atom is -0.324 e. The monoisotopic (exact) mass is 358 g/mol. The van der Waals surface area contributed by atoms with E-state index in [1.54, 1.807) is 30.1 Å². The molecule has 0 saturated carbocycles. The fourth-order valence-electron chi connectivity index (χ4n) is 2.03. The lowest BCUT2D eigenvalue weighted by Crippen LogP contribution is -2.30. The molecular weight excluding hydrogens is 345 g/mol. The smallest absolute Gasteiger partial charge is 0.238 e. The van der Waals surface area contributed by atoms with Gasteiger partial charge in [-0.2, -0.15) is 0 Å². The third-order valence-electron chi connectivity index (χ3n) is 3.09. The molecule has 2 aromatic carbocycles. The third-order valence-corrected chi connectivity index (χ3v) is 3.91. The van der Waals surface area contributed by atoms with E-state index in [9.17, 15) is 13.6 Å². The van der Waals surface area contributed by atoms with Gasteiger partial charge in [0.25, 0.3) is 0 Å². The average Bonchev–Trinajstić information content (AvgIpc) is 2.47. The van der Waals surface area contributed by atoms with Gasteiger partial charge in [-0.3, -0.25) is 9.69 Å². The molecule has 0 atom stereocenters. The number of halogens is 4. The molecule has 0 aromatic heterocycles. The highest BCUT2D eigenvalue weighted by molar-refractivity contribution is 6.43. The van der Waals surface area contributed by atoms with Crippen LogP contribution in [0.1, 0.15) is 5.56 Å². The molecule has 0 unspecified atom stereocenters. The van der Waals surface area contributed by atoms with E-state index in [0.717, 1.165) is 6.07 Å². The van der Waals surface area contributed by atoms with E-state index in [0.29, 0.717) is 16.3 Å². The lowest BCUT2D eigenvalue weighted by molar-refractivity contribution is -0.117. The molecule has 1 N–H and O–H groups in total. The molecule has 7 heteroatoms. The topological polar surface area (TPSA) is 32.3 Å². The maximum atomic E-state index is 13.6. The zero-order valence-electron chi connectivity index (χ0n) is 12.2. The van der Waals surface area contributed by atoms with Crippen LogP contribution in [0.25, 0.3) is 0 Å². The molecule has 0 spiro atoms. The van der Waals surface area contributed by atoms with Crippen LogP contribution in [0.15, 0.2) is 36.4 Å². The van der Waals surface area contributed by atoms with Gasteiger partial charge in [-0.05, 0) is 25.2 Å². The number of rotatable bonds is 5. The molecule has 0 radical (unpaired) electrons. The van der Waals surface area contributed by atoms with Crippen molar-refractivity contribution in [2.24, 2.45) is 0 Å². The number of benzene rings is 2. The minimum atomic E-state index is -0.643. The molecule has 2 aromatic rings. The Bertz CT molecular complexity index is 725. The second kappa shape index (κ2) is 7.73. The molecule has 1 amide bonds. The van der Waals surface area contributed by atoms with E-state index in [-0.39, 0.29) is 24.0 Å². The van der Waals surface area contributed by atoms with E-state index >= 15 is 0 Å². The number of likely N-dealkylation sites (N-methyl/N-ethyl adjacent to an activating group) is 1.